The summed E-state index contributed by atoms with van der Waals surface area (Å²) in [5.74, 6) is 1.85. The Bertz CT molecular complexity index is 480. The van der Waals surface area contributed by atoms with E-state index in [2.05, 4.69) is 30.1 Å². The average molecular weight is 304 g/mol. The zero-order valence-electron chi connectivity index (χ0n) is 14.0. The first-order valence-electron chi connectivity index (χ1n) is 8.22. The molecule has 1 aliphatic heterocycles. The van der Waals surface area contributed by atoms with Gasteiger partial charge in [0.25, 0.3) is 0 Å². The second-order valence-electron chi connectivity index (χ2n) is 6.50. The third-order valence-electron chi connectivity index (χ3n) is 4.23. The predicted molar refractivity (Wildman–Crippen MR) is 88.8 cm³/mol. The highest BCUT2D eigenvalue weighted by Crippen LogP contribution is 2.23. The van der Waals surface area contributed by atoms with Crippen molar-refractivity contribution in [2.45, 2.75) is 33.2 Å². The first kappa shape index (κ1) is 16.8. The standard InChI is InChI=1S/C18H28N2O2/c1-14(2)12-19-18(21)15-8-10-20(11-9-15)13-16-6-4-5-7-17(16)22-3/h4-7,14-15H,8-13H2,1-3H3,(H,19,21). The van der Waals surface area contributed by atoms with Gasteiger partial charge < -0.3 is 10.1 Å². The largest absolute Gasteiger partial charge is 0.496 e. The number of hydrogen-bond acceptors (Lipinski definition) is 3. The monoisotopic (exact) mass is 304 g/mol. The van der Waals surface area contributed by atoms with Gasteiger partial charge in [0, 0.05) is 24.6 Å². The van der Waals surface area contributed by atoms with Crippen LogP contribution < -0.4 is 10.1 Å². The predicted octanol–water partition coefficient (Wildman–Crippen LogP) is 2.68. The molecule has 0 atom stereocenters. The number of piperidine rings is 1. The topological polar surface area (TPSA) is 41.6 Å². The van der Waals surface area contributed by atoms with Crippen LogP contribution >= 0.6 is 0 Å². The number of nitrogens with one attached hydrogen (secondary N) is 1. The van der Waals surface area contributed by atoms with Gasteiger partial charge in [-0.25, -0.2) is 0 Å². The normalized spacial score (nSPS) is 16.7. The Balaban J connectivity index is 1.81. The van der Waals surface area contributed by atoms with Crippen molar-refractivity contribution in [1.29, 1.82) is 0 Å². The van der Waals surface area contributed by atoms with Crippen LogP contribution in [0.3, 0.4) is 0 Å². The molecule has 122 valence electrons. The lowest BCUT2D eigenvalue weighted by Gasteiger charge is -2.31. The minimum Gasteiger partial charge on any atom is -0.496 e. The summed E-state index contributed by atoms with van der Waals surface area (Å²) in [6.45, 7) is 7.85. The number of methoxy groups -OCH3 is 1. The maximum atomic E-state index is 12.1. The summed E-state index contributed by atoms with van der Waals surface area (Å²) in [5.41, 5.74) is 1.22. The molecule has 0 bridgehead atoms. The van der Waals surface area contributed by atoms with Gasteiger partial charge in [-0.2, -0.15) is 0 Å². The summed E-state index contributed by atoms with van der Waals surface area (Å²) in [4.78, 5) is 14.5. The maximum absolute atomic E-state index is 12.1. The molecular weight excluding hydrogens is 276 g/mol. The molecule has 22 heavy (non-hydrogen) atoms. The van der Waals surface area contributed by atoms with Gasteiger partial charge in [0.05, 0.1) is 7.11 Å². The van der Waals surface area contributed by atoms with Gasteiger partial charge in [-0.15, -0.1) is 0 Å². The molecular formula is C18H28N2O2. The zero-order chi connectivity index (χ0) is 15.9. The molecule has 1 fully saturated rings. The summed E-state index contributed by atoms with van der Waals surface area (Å²) in [6.07, 6.45) is 1.89. The van der Waals surface area contributed by atoms with Crippen molar-refractivity contribution in [3.8, 4) is 5.75 Å². The average Bonchev–Trinajstić information content (AvgIpc) is 2.54. The number of likely N-dealkylation sites (tertiary alicyclic amines) is 1. The lowest BCUT2D eigenvalue weighted by molar-refractivity contribution is -0.126. The van der Waals surface area contributed by atoms with E-state index in [1.165, 1.54) is 5.56 Å². The van der Waals surface area contributed by atoms with Crippen LogP contribution in [0.4, 0.5) is 0 Å². The molecule has 0 aromatic heterocycles. The van der Waals surface area contributed by atoms with Crippen molar-refractivity contribution in [3.05, 3.63) is 29.8 Å². The summed E-state index contributed by atoms with van der Waals surface area (Å²) >= 11 is 0. The first-order chi connectivity index (χ1) is 10.6. The molecule has 0 saturated carbocycles. The Hall–Kier alpha value is -1.55. The molecule has 1 N–H and O–H groups in total. The van der Waals surface area contributed by atoms with Gasteiger partial charge in [-0.1, -0.05) is 32.0 Å². The fraction of sp³-hybridized carbons (Fsp3) is 0.611. The lowest BCUT2D eigenvalue weighted by atomic mass is 9.95. The minimum absolute atomic E-state index is 0.174. The van der Waals surface area contributed by atoms with E-state index in [0.717, 1.165) is 44.8 Å². The molecule has 0 spiro atoms. The van der Waals surface area contributed by atoms with Crippen molar-refractivity contribution in [3.63, 3.8) is 0 Å². The van der Waals surface area contributed by atoms with Crippen molar-refractivity contribution >= 4 is 5.91 Å². The molecule has 2 rings (SSSR count). The van der Waals surface area contributed by atoms with E-state index in [1.807, 2.05) is 18.2 Å². The molecule has 1 aromatic rings. The number of carbonyl (C=O) groups excluding carboxylic acids is 1. The summed E-state index contributed by atoms with van der Waals surface area (Å²) < 4.78 is 5.41. The van der Waals surface area contributed by atoms with Gasteiger partial charge in [-0.05, 0) is 37.9 Å². The fourth-order valence-electron chi connectivity index (χ4n) is 2.88. The molecule has 1 aromatic carbocycles. The molecule has 1 heterocycles. The number of para-hydroxylation sites is 1. The molecule has 0 aliphatic carbocycles. The molecule has 0 radical (unpaired) electrons. The fourth-order valence-corrected chi connectivity index (χ4v) is 2.88. The second kappa shape index (κ2) is 8.18. The van der Waals surface area contributed by atoms with Gasteiger partial charge in [-0.3, -0.25) is 9.69 Å². The highest BCUT2D eigenvalue weighted by atomic mass is 16.5. The summed E-state index contributed by atoms with van der Waals surface area (Å²) in [6, 6.07) is 8.15. The van der Waals surface area contributed by atoms with Crippen LogP contribution in [0.2, 0.25) is 0 Å². The van der Waals surface area contributed by atoms with Gasteiger partial charge in [0.15, 0.2) is 0 Å². The number of rotatable bonds is 6. The number of carbonyl (C=O) groups is 1. The van der Waals surface area contributed by atoms with Gasteiger partial charge in [0.1, 0.15) is 5.75 Å². The maximum Gasteiger partial charge on any atom is 0.223 e. The number of nitrogens with zero attached hydrogens (tertiary/aromatic N) is 1. The molecule has 1 amide bonds. The van der Waals surface area contributed by atoms with Gasteiger partial charge >= 0.3 is 0 Å². The van der Waals surface area contributed by atoms with Crippen molar-refractivity contribution in [1.82, 2.24) is 10.2 Å². The Morgan fingerprint density at radius 1 is 1.32 bits per heavy atom. The number of ether oxygens (including phenoxy) is 1. The van der Waals surface area contributed by atoms with Crippen LogP contribution in [-0.2, 0) is 11.3 Å². The van der Waals surface area contributed by atoms with Crippen LogP contribution in [0, 0.1) is 11.8 Å². The van der Waals surface area contributed by atoms with Crippen LogP contribution in [-0.4, -0.2) is 37.6 Å². The summed E-state index contributed by atoms with van der Waals surface area (Å²) in [7, 11) is 1.71. The number of benzene rings is 1. The van der Waals surface area contributed by atoms with E-state index >= 15 is 0 Å². The second-order valence-corrected chi connectivity index (χ2v) is 6.50. The quantitative estimate of drug-likeness (QED) is 0.878. The Labute approximate surface area is 133 Å². The smallest absolute Gasteiger partial charge is 0.223 e. The highest BCUT2D eigenvalue weighted by molar-refractivity contribution is 5.78. The van der Waals surface area contributed by atoms with E-state index in [9.17, 15) is 4.79 Å². The SMILES string of the molecule is COc1ccccc1CN1CCC(C(=O)NCC(C)C)CC1. The third kappa shape index (κ3) is 4.73. The van der Waals surface area contributed by atoms with Crippen molar-refractivity contribution in [2.24, 2.45) is 11.8 Å². The molecule has 0 unspecified atom stereocenters. The van der Waals surface area contributed by atoms with E-state index in [-0.39, 0.29) is 11.8 Å². The van der Waals surface area contributed by atoms with E-state index < -0.39 is 0 Å². The van der Waals surface area contributed by atoms with Crippen molar-refractivity contribution < 1.29 is 9.53 Å². The van der Waals surface area contributed by atoms with Crippen LogP contribution in [0.25, 0.3) is 0 Å². The van der Waals surface area contributed by atoms with Gasteiger partial charge in [0.2, 0.25) is 5.91 Å². The number of hydrogen-bond donors (Lipinski definition) is 1. The molecule has 1 saturated heterocycles. The molecule has 4 heteroatoms. The Morgan fingerprint density at radius 3 is 2.64 bits per heavy atom. The first-order valence-corrected chi connectivity index (χ1v) is 8.22. The Morgan fingerprint density at radius 2 is 2.00 bits per heavy atom. The third-order valence-corrected chi connectivity index (χ3v) is 4.23. The Kier molecular flexibility index (Phi) is 6.25. The minimum atomic E-state index is 0.174. The molecule has 4 nitrogen and oxygen atoms in total. The van der Waals surface area contributed by atoms with Crippen LogP contribution in [0.1, 0.15) is 32.3 Å². The number of amides is 1. The van der Waals surface area contributed by atoms with E-state index in [1.54, 1.807) is 7.11 Å². The van der Waals surface area contributed by atoms with E-state index in [0.29, 0.717) is 5.92 Å². The molecule has 1 aliphatic rings. The van der Waals surface area contributed by atoms with Crippen LogP contribution in [0.5, 0.6) is 5.75 Å². The van der Waals surface area contributed by atoms with E-state index in [4.69, 9.17) is 4.74 Å². The highest BCUT2D eigenvalue weighted by Gasteiger charge is 2.25. The lowest BCUT2D eigenvalue weighted by Crippen LogP contribution is -2.41. The summed E-state index contributed by atoms with van der Waals surface area (Å²) in [5, 5.41) is 3.06. The van der Waals surface area contributed by atoms with Crippen LogP contribution in [0.15, 0.2) is 24.3 Å². The van der Waals surface area contributed by atoms with Crippen molar-refractivity contribution in [2.75, 3.05) is 26.7 Å². The zero-order valence-corrected chi connectivity index (χ0v) is 14.0.